The predicted octanol–water partition coefficient (Wildman–Crippen LogP) is 2.78. The Labute approximate surface area is 103 Å². The Morgan fingerprint density at radius 2 is 2.20 bits per heavy atom. The first kappa shape index (κ1) is 12.9. The first-order valence-electron chi connectivity index (χ1n) is 4.75. The molecule has 0 bridgehead atoms. The summed E-state index contributed by atoms with van der Waals surface area (Å²) in [5.41, 5.74) is 0.203. The summed E-state index contributed by atoms with van der Waals surface area (Å²) in [6.45, 7) is 6.07. The fourth-order valence-corrected chi connectivity index (χ4v) is 2.06. The number of aromatic nitrogens is 2. The number of hydrogen-bond acceptors (Lipinski definition) is 5. The Bertz CT molecular complexity index is 303. The van der Waals surface area contributed by atoms with E-state index in [-0.39, 0.29) is 5.41 Å². The third-order valence-electron chi connectivity index (χ3n) is 2.10. The highest BCUT2D eigenvalue weighted by Crippen LogP contribution is 2.24. The van der Waals surface area contributed by atoms with Crippen LogP contribution in [0.25, 0.3) is 0 Å². The standard InChI is InChI=1S/C9H16BrN3OS/c1-9(2,4-5-14-3)6-11-8-13-12-7(10)15-8/h4-6H2,1-3H3,(H,11,13). The summed E-state index contributed by atoms with van der Waals surface area (Å²) in [6.07, 6.45) is 1.02. The van der Waals surface area contributed by atoms with Crippen LogP contribution in [-0.2, 0) is 4.74 Å². The van der Waals surface area contributed by atoms with E-state index in [0.29, 0.717) is 0 Å². The lowest BCUT2D eigenvalue weighted by Gasteiger charge is -2.24. The van der Waals surface area contributed by atoms with Gasteiger partial charge in [-0.3, -0.25) is 0 Å². The van der Waals surface area contributed by atoms with Gasteiger partial charge in [0.25, 0.3) is 0 Å². The molecule has 0 atom stereocenters. The van der Waals surface area contributed by atoms with E-state index in [4.69, 9.17) is 4.74 Å². The summed E-state index contributed by atoms with van der Waals surface area (Å²) < 4.78 is 5.88. The Morgan fingerprint density at radius 1 is 1.47 bits per heavy atom. The van der Waals surface area contributed by atoms with Crippen LogP contribution in [0.4, 0.5) is 5.13 Å². The first-order chi connectivity index (χ1) is 7.03. The van der Waals surface area contributed by atoms with Crippen molar-refractivity contribution < 1.29 is 4.74 Å². The molecule has 0 aliphatic carbocycles. The summed E-state index contributed by atoms with van der Waals surface area (Å²) >= 11 is 4.78. The number of ether oxygens (including phenoxy) is 1. The molecular weight excluding hydrogens is 278 g/mol. The van der Waals surface area contributed by atoms with Crippen LogP contribution in [-0.4, -0.2) is 30.5 Å². The third-order valence-corrected chi connectivity index (χ3v) is 3.42. The van der Waals surface area contributed by atoms with Gasteiger partial charge in [-0.15, -0.1) is 10.2 Å². The first-order valence-corrected chi connectivity index (χ1v) is 6.36. The lowest BCUT2D eigenvalue weighted by atomic mass is 9.90. The second kappa shape index (κ2) is 5.77. The van der Waals surface area contributed by atoms with Crippen LogP contribution in [0.3, 0.4) is 0 Å². The molecule has 6 heteroatoms. The zero-order chi connectivity index (χ0) is 11.3. The number of halogens is 1. The van der Waals surface area contributed by atoms with Gasteiger partial charge in [0.15, 0.2) is 3.92 Å². The second-order valence-electron chi connectivity index (χ2n) is 4.12. The molecule has 1 rings (SSSR count). The molecule has 1 aromatic heterocycles. The van der Waals surface area contributed by atoms with Crippen molar-refractivity contribution in [3.63, 3.8) is 0 Å². The summed E-state index contributed by atoms with van der Waals surface area (Å²) in [4.78, 5) is 0. The SMILES string of the molecule is COCCC(C)(C)CNc1nnc(Br)s1. The molecule has 1 aromatic rings. The molecule has 1 heterocycles. The highest BCUT2D eigenvalue weighted by molar-refractivity contribution is 9.11. The van der Waals surface area contributed by atoms with Crippen molar-refractivity contribution in [3.8, 4) is 0 Å². The van der Waals surface area contributed by atoms with E-state index in [1.54, 1.807) is 7.11 Å². The summed E-state index contributed by atoms with van der Waals surface area (Å²) in [5, 5.41) is 12.0. The van der Waals surface area contributed by atoms with Crippen LogP contribution < -0.4 is 5.32 Å². The fourth-order valence-electron chi connectivity index (χ4n) is 1.06. The van der Waals surface area contributed by atoms with Gasteiger partial charge < -0.3 is 10.1 Å². The van der Waals surface area contributed by atoms with Gasteiger partial charge in [0.2, 0.25) is 5.13 Å². The van der Waals surface area contributed by atoms with E-state index in [0.717, 1.165) is 28.6 Å². The molecule has 15 heavy (non-hydrogen) atoms. The van der Waals surface area contributed by atoms with Gasteiger partial charge in [-0.25, -0.2) is 0 Å². The van der Waals surface area contributed by atoms with E-state index >= 15 is 0 Å². The molecular formula is C9H16BrN3OS. The van der Waals surface area contributed by atoms with Gasteiger partial charge in [-0.05, 0) is 27.8 Å². The van der Waals surface area contributed by atoms with Crippen molar-refractivity contribution in [2.24, 2.45) is 5.41 Å². The molecule has 1 N–H and O–H groups in total. The van der Waals surface area contributed by atoms with Gasteiger partial charge >= 0.3 is 0 Å². The maximum atomic E-state index is 5.07. The lowest BCUT2D eigenvalue weighted by molar-refractivity contribution is 0.157. The maximum absolute atomic E-state index is 5.07. The topological polar surface area (TPSA) is 47.0 Å². The van der Waals surface area contributed by atoms with Gasteiger partial charge in [-0.2, -0.15) is 0 Å². The molecule has 0 aliphatic heterocycles. The smallest absolute Gasteiger partial charge is 0.206 e. The van der Waals surface area contributed by atoms with Crippen LogP contribution in [0.1, 0.15) is 20.3 Å². The predicted molar refractivity (Wildman–Crippen MR) is 66.4 cm³/mol. The minimum atomic E-state index is 0.203. The highest BCUT2D eigenvalue weighted by Gasteiger charge is 2.17. The van der Waals surface area contributed by atoms with Crippen molar-refractivity contribution in [1.82, 2.24) is 10.2 Å². The van der Waals surface area contributed by atoms with Gasteiger partial charge in [0, 0.05) is 20.3 Å². The molecule has 0 aromatic carbocycles. The Hall–Kier alpha value is -0.200. The van der Waals surface area contributed by atoms with Crippen LogP contribution in [0, 0.1) is 5.41 Å². The van der Waals surface area contributed by atoms with Crippen molar-refractivity contribution in [3.05, 3.63) is 3.92 Å². The molecule has 0 spiro atoms. The molecule has 86 valence electrons. The monoisotopic (exact) mass is 293 g/mol. The number of methoxy groups -OCH3 is 1. The molecule has 0 amide bonds. The number of rotatable bonds is 6. The third kappa shape index (κ3) is 4.90. The van der Waals surface area contributed by atoms with Gasteiger partial charge in [0.1, 0.15) is 0 Å². The normalized spacial score (nSPS) is 11.7. The number of anilines is 1. The summed E-state index contributed by atoms with van der Waals surface area (Å²) in [7, 11) is 1.73. The van der Waals surface area contributed by atoms with E-state index in [2.05, 4.69) is 45.3 Å². The van der Waals surface area contributed by atoms with Gasteiger partial charge in [-0.1, -0.05) is 25.2 Å². The minimum absolute atomic E-state index is 0.203. The number of nitrogens with one attached hydrogen (secondary N) is 1. The Balaban J connectivity index is 2.35. The minimum Gasteiger partial charge on any atom is -0.385 e. The van der Waals surface area contributed by atoms with Crippen molar-refractivity contribution >= 4 is 32.4 Å². The molecule has 0 radical (unpaired) electrons. The van der Waals surface area contributed by atoms with E-state index < -0.39 is 0 Å². The quantitative estimate of drug-likeness (QED) is 0.876. The highest BCUT2D eigenvalue weighted by atomic mass is 79.9. The summed E-state index contributed by atoms with van der Waals surface area (Å²) in [6, 6.07) is 0. The van der Waals surface area contributed by atoms with Crippen molar-refractivity contribution in [2.45, 2.75) is 20.3 Å². The van der Waals surface area contributed by atoms with Crippen LogP contribution >= 0.6 is 27.3 Å². The Kier molecular flexibility index (Phi) is 4.95. The van der Waals surface area contributed by atoms with Crippen LogP contribution in [0.15, 0.2) is 3.92 Å². The zero-order valence-corrected chi connectivity index (χ0v) is 11.6. The van der Waals surface area contributed by atoms with E-state index in [9.17, 15) is 0 Å². The lowest BCUT2D eigenvalue weighted by Crippen LogP contribution is -2.24. The molecule has 0 aliphatic rings. The largest absolute Gasteiger partial charge is 0.385 e. The number of hydrogen-bond donors (Lipinski definition) is 1. The molecule has 0 saturated heterocycles. The van der Waals surface area contributed by atoms with Crippen LogP contribution in [0.5, 0.6) is 0 Å². The van der Waals surface area contributed by atoms with Crippen molar-refractivity contribution in [1.29, 1.82) is 0 Å². The van der Waals surface area contributed by atoms with Gasteiger partial charge in [0.05, 0.1) is 0 Å². The maximum Gasteiger partial charge on any atom is 0.206 e. The Morgan fingerprint density at radius 3 is 2.73 bits per heavy atom. The molecule has 0 fully saturated rings. The van der Waals surface area contributed by atoms with E-state index in [1.807, 2.05) is 0 Å². The van der Waals surface area contributed by atoms with Crippen molar-refractivity contribution in [2.75, 3.05) is 25.6 Å². The molecule has 0 saturated carbocycles. The van der Waals surface area contributed by atoms with Crippen LogP contribution in [0.2, 0.25) is 0 Å². The fraction of sp³-hybridized carbons (Fsp3) is 0.778. The zero-order valence-electron chi connectivity index (χ0n) is 9.21. The average Bonchev–Trinajstić information content (AvgIpc) is 2.59. The number of nitrogens with zero attached hydrogens (tertiary/aromatic N) is 2. The molecule has 0 unspecified atom stereocenters. The summed E-state index contributed by atoms with van der Waals surface area (Å²) in [5.74, 6) is 0. The van der Waals surface area contributed by atoms with E-state index in [1.165, 1.54) is 11.3 Å². The molecule has 4 nitrogen and oxygen atoms in total. The second-order valence-corrected chi connectivity index (χ2v) is 6.37. The average molecular weight is 294 g/mol.